The molecule has 1 heterocycles. The topological polar surface area (TPSA) is 70.8 Å². The van der Waals surface area contributed by atoms with Crippen LogP contribution in [0.1, 0.15) is 19.8 Å². The molecule has 0 aromatic carbocycles. The van der Waals surface area contributed by atoms with Crippen LogP contribution in [0.5, 0.6) is 0 Å². The lowest BCUT2D eigenvalue weighted by Gasteiger charge is -2.38. The van der Waals surface area contributed by atoms with Crippen LogP contribution in [-0.4, -0.2) is 81.3 Å². The number of rotatable bonds is 9. The smallest absolute Gasteiger partial charge is 0.234 e. The van der Waals surface area contributed by atoms with Crippen molar-refractivity contribution >= 4 is 5.91 Å². The van der Waals surface area contributed by atoms with Gasteiger partial charge >= 0.3 is 0 Å². The van der Waals surface area contributed by atoms with E-state index in [1.54, 1.807) is 7.11 Å². The molecular weight excluding hydrogens is 256 g/mol. The zero-order valence-electron chi connectivity index (χ0n) is 12.9. The summed E-state index contributed by atoms with van der Waals surface area (Å²) >= 11 is 0. The zero-order valence-corrected chi connectivity index (χ0v) is 12.9. The molecular formula is C14H30N4O2. The summed E-state index contributed by atoms with van der Waals surface area (Å²) in [6.45, 7) is 8.59. The highest BCUT2D eigenvalue weighted by Crippen LogP contribution is 2.11. The Balaban J connectivity index is 2.22. The minimum Gasteiger partial charge on any atom is -0.383 e. The third kappa shape index (κ3) is 6.17. The fourth-order valence-corrected chi connectivity index (χ4v) is 2.68. The van der Waals surface area contributed by atoms with E-state index in [-0.39, 0.29) is 5.91 Å². The maximum absolute atomic E-state index is 11.7. The molecule has 0 aliphatic carbocycles. The van der Waals surface area contributed by atoms with Crippen molar-refractivity contribution in [2.24, 2.45) is 5.73 Å². The van der Waals surface area contributed by atoms with Gasteiger partial charge in [-0.25, -0.2) is 0 Å². The summed E-state index contributed by atoms with van der Waals surface area (Å²) in [4.78, 5) is 16.4. The Bertz CT molecular complexity index is 268. The molecule has 6 nitrogen and oxygen atoms in total. The summed E-state index contributed by atoms with van der Waals surface area (Å²) in [6, 6.07) is 0.595. The number of carbonyl (C=O) groups is 1. The molecule has 0 aromatic heterocycles. The van der Waals surface area contributed by atoms with E-state index in [0.717, 1.165) is 45.6 Å². The molecule has 118 valence electrons. The Morgan fingerprint density at radius 1 is 1.35 bits per heavy atom. The number of piperazine rings is 1. The number of nitrogens with zero attached hydrogens (tertiary/aromatic N) is 2. The van der Waals surface area contributed by atoms with E-state index in [0.29, 0.717) is 25.7 Å². The second-order valence-corrected chi connectivity index (χ2v) is 5.29. The predicted molar refractivity (Wildman–Crippen MR) is 80.6 cm³/mol. The maximum Gasteiger partial charge on any atom is 0.234 e. The second kappa shape index (κ2) is 10.1. The largest absolute Gasteiger partial charge is 0.383 e. The summed E-state index contributed by atoms with van der Waals surface area (Å²) < 4.78 is 4.91. The lowest BCUT2D eigenvalue weighted by atomic mass is 10.1. The van der Waals surface area contributed by atoms with Crippen molar-refractivity contribution in [3.05, 3.63) is 0 Å². The first-order chi connectivity index (χ1) is 9.71. The van der Waals surface area contributed by atoms with E-state index in [2.05, 4.69) is 22.0 Å². The van der Waals surface area contributed by atoms with Crippen molar-refractivity contribution in [1.82, 2.24) is 15.1 Å². The third-order valence-electron chi connectivity index (χ3n) is 3.89. The zero-order chi connectivity index (χ0) is 14.8. The first-order valence-electron chi connectivity index (χ1n) is 7.63. The van der Waals surface area contributed by atoms with Crippen molar-refractivity contribution in [2.75, 3.05) is 59.5 Å². The average Bonchev–Trinajstić information content (AvgIpc) is 2.46. The highest BCUT2D eigenvalue weighted by Gasteiger charge is 2.23. The first-order valence-corrected chi connectivity index (χ1v) is 7.63. The number of hydrogen-bond donors (Lipinski definition) is 2. The predicted octanol–water partition coefficient (Wildman–Crippen LogP) is -0.506. The highest BCUT2D eigenvalue weighted by molar-refractivity contribution is 5.77. The molecule has 1 fully saturated rings. The Morgan fingerprint density at radius 2 is 2.05 bits per heavy atom. The summed E-state index contributed by atoms with van der Waals surface area (Å²) in [5.74, 6) is 0.0875. The Morgan fingerprint density at radius 3 is 2.60 bits per heavy atom. The van der Waals surface area contributed by atoms with E-state index in [1.807, 2.05) is 0 Å². The van der Waals surface area contributed by atoms with Crippen LogP contribution >= 0.6 is 0 Å². The molecule has 1 amide bonds. The van der Waals surface area contributed by atoms with Crippen molar-refractivity contribution in [2.45, 2.75) is 25.8 Å². The van der Waals surface area contributed by atoms with Gasteiger partial charge in [0.1, 0.15) is 0 Å². The van der Waals surface area contributed by atoms with Crippen molar-refractivity contribution in [3.8, 4) is 0 Å². The monoisotopic (exact) mass is 286 g/mol. The maximum atomic E-state index is 11.7. The van der Waals surface area contributed by atoms with Gasteiger partial charge in [0.25, 0.3) is 0 Å². The van der Waals surface area contributed by atoms with Gasteiger partial charge in [-0.15, -0.1) is 0 Å². The molecule has 0 bridgehead atoms. The molecule has 6 heteroatoms. The van der Waals surface area contributed by atoms with Crippen LogP contribution in [0.15, 0.2) is 0 Å². The number of amides is 1. The van der Waals surface area contributed by atoms with Crippen LogP contribution in [0.25, 0.3) is 0 Å². The molecule has 0 saturated carbocycles. The molecule has 1 aliphatic heterocycles. The molecule has 1 saturated heterocycles. The fourth-order valence-electron chi connectivity index (χ4n) is 2.68. The summed E-state index contributed by atoms with van der Waals surface area (Å²) in [5, 5.41) is 2.86. The molecule has 1 rings (SSSR count). The van der Waals surface area contributed by atoms with Crippen LogP contribution in [0.2, 0.25) is 0 Å². The number of nitrogens with two attached hydrogens (primary N) is 1. The van der Waals surface area contributed by atoms with Gasteiger partial charge in [0, 0.05) is 45.9 Å². The van der Waals surface area contributed by atoms with E-state index in [4.69, 9.17) is 10.5 Å². The van der Waals surface area contributed by atoms with Crippen LogP contribution < -0.4 is 11.1 Å². The van der Waals surface area contributed by atoms with Crippen molar-refractivity contribution in [3.63, 3.8) is 0 Å². The van der Waals surface area contributed by atoms with Gasteiger partial charge in [-0.1, -0.05) is 6.92 Å². The summed E-state index contributed by atoms with van der Waals surface area (Å²) in [5.41, 5.74) is 5.66. The first kappa shape index (κ1) is 17.4. The van der Waals surface area contributed by atoms with Crippen LogP contribution in [0.3, 0.4) is 0 Å². The molecule has 0 radical (unpaired) electrons. The minimum absolute atomic E-state index is 0.0875. The Kier molecular flexibility index (Phi) is 8.77. The lowest BCUT2D eigenvalue weighted by Crippen LogP contribution is -2.52. The van der Waals surface area contributed by atoms with Gasteiger partial charge in [0.15, 0.2) is 0 Å². The summed E-state index contributed by atoms with van der Waals surface area (Å²) in [6.07, 6.45) is 2.21. The summed E-state index contributed by atoms with van der Waals surface area (Å²) in [7, 11) is 1.64. The molecule has 1 unspecified atom stereocenters. The molecule has 3 N–H and O–H groups in total. The van der Waals surface area contributed by atoms with Gasteiger partial charge in [0.05, 0.1) is 13.2 Å². The molecule has 1 atom stereocenters. The second-order valence-electron chi connectivity index (χ2n) is 5.29. The molecule has 0 spiro atoms. The Hall–Kier alpha value is -0.690. The van der Waals surface area contributed by atoms with Gasteiger partial charge < -0.3 is 15.8 Å². The van der Waals surface area contributed by atoms with Gasteiger partial charge in [-0.05, 0) is 19.4 Å². The number of ether oxygens (including phenoxy) is 1. The number of hydrogen-bond acceptors (Lipinski definition) is 5. The van der Waals surface area contributed by atoms with E-state index in [9.17, 15) is 4.79 Å². The third-order valence-corrected chi connectivity index (χ3v) is 3.89. The average molecular weight is 286 g/mol. The fraction of sp³-hybridized carbons (Fsp3) is 0.929. The normalized spacial score (nSPS) is 18.9. The molecule has 20 heavy (non-hydrogen) atoms. The standard InChI is InChI=1S/C14H30N4O2/c1-3-13(4-5-15)18-9-7-17(8-10-18)12-14(19)16-6-11-20-2/h13H,3-12,15H2,1-2H3,(H,16,19). The van der Waals surface area contributed by atoms with Gasteiger partial charge in [-0.2, -0.15) is 0 Å². The van der Waals surface area contributed by atoms with Gasteiger partial charge in [-0.3, -0.25) is 14.6 Å². The Labute approximate surface area is 122 Å². The van der Waals surface area contributed by atoms with E-state index >= 15 is 0 Å². The highest BCUT2D eigenvalue weighted by atomic mass is 16.5. The molecule has 0 aromatic rings. The van der Waals surface area contributed by atoms with Crippen LogP contribution in [-0.2, 0) is 9.53 Å². The SMILES string of the molecule is CCC(CCN)N1CCN(CC(=O)NCCOC)CC1. The molecule has 1 aliphatic rings. The van der Waals surface area contributed by atoms with Crippen molar-refractivity contribution in [1.29, 1.82) is 0 Å². The van der Waals surface area contributed by atoms with Crippen LogP contribution in [0.4, 0.5) is 0 Å². The number of methoxy groups -OCH3 is 1. The van der Waals surface area contributed by atoms with E-state index < -0.39 is 0 Å². The number of carbonyl (C=O) groups excluding carboxylic acids is 1. The van der Waals surface area contributed by atoms with Crippen molar-refractivity contribution < 1.29 is 9.53 Å². The minimum atomic E-state index is 0.0875. The lowest BCUT2D eigenvalue weighted by molar-refractivity contribution is -0.122. The van der Waals surface area contributed by atoms with E-state index in [1.165, 1.54) is 0 Å². The van der Waals surface area contributed by atoms with Crippen LogP contribution in [0, 0.1) is 0 Å². The quantitative estimate of drug-likeness (QED) is 0.559. The van der Waals surface area contributed by atoms with Gasteiger partial charge in [0.2, 0.25) is 5.91 Å². The number of nitrogens with one attached hydrogen (secondary N) is 1.